The largest absolute Gasteiger partial charge is 0.337 e. The lowest BCUT2D eigenvalue weighted by Gasteiger charge is -2.04. The van der Waals surface area contributed by atoms with Gasteiger partial charge in [0.1, 0.15) is 15.7 Å². The van der Waals surface area contributed by atoms with E-state index in [4.69, 9.17) is 10.3 Å². The highest BCUT2D eigenvalue weighted by Gasteiger charge is 2.17. The summed E-state index contributed by atoms with van der Waals surface area (Å²) in [5, 5.41) is 3.71. The zero-order chi connectivity index (χ0) is 14.8. The van der Waals surface area contributed by atoms with Crippen molar-refractivity contribution in [2.45, 2.75) is 12.5 Å². The van der Waals surface area contributed by atoms with Crippen LogP contribution in [0.1, 0.15) is 18.4 Å². The summed E-state index contributed by atoms with van der Waals surface area (Å²) in [5.74, 6) is -0.122. The Balaban J connectivity index is 2.12. The number of benzene rings is 1. The Morgan fingerprint density at radius 1 is 1.45 bits per heavy atom. The molecule has 2 aromatic rings. The van der Waals surface area contributed by atoms with Gasteiger partial charge in [0.2, 0.25) is 11.7 Å². The zero-order valence-electron chi connectivity index (χ0n) is 10.8. The van der Waals surface area contributed by atoms with E-state index in [0.717, 1.165) is 6.26 Å². The molecular formula is C12H14FN3O3S. The first-order chi connectivity index (χ1) is 9.35. The molecule has 0 bridgehead atoms. The topological polar surface area (TPSA) is 99.1 Å². The van der Waals surface area contributed by atoms with E-state index < -0.39 is 21.7 Å². The lowest BCUT2D eigenvalue weighted by Crippen LogP contribution is -2.16. The van der Waals surface area contributed by atoms with E-state index >= 15 is 0 Å². The first-order valence-electron chi connectivity index (χ1n) is 5.88. The molecule has 2 N–H and O–H groups in total. The second-order valence-electron chi connectivity index (χ2n) is 4.49. The monoisotopic (exact) mass is 299 g/mol. The van der Waals surface area contributed by atoms with E-state index in [9.17, 15) is 12.8 Å². The van der Waals surface area contributed by atoms with Crippen LogP contribution in [0.5, 0.6) is 0 Å². The minimum atomic E-state index is -3.10. The average molecular weight is 299 g/mol. The summed E-state index contributed by atoms with van der Waals surface area (Å²) in [4.78, 5) is 4.06. The highest BCUT2D eigenvalue weighted by Crippen LogP contribution is 2.20. The van der Waals surface area contributed by atoms with E-state index in [-0.39, 0.29) is 23.9 Å². The van der Waals surface area contributed by atoms with Crippen molar-refractivity contribution in [3.05, 3.63) is 36.0 Å². The highest BCUT2D eigenvalue weighted by molar-refractivity contribution is 7.90. The molecule has 0 saturated carbocycles. The number of sulfone groups is 1. The second-order valence-corrected chi connectivity index (χ2v) is 6.75. The number of nitrogens with two attached hydrogens (primary N) is 1. The first-order valence-corrected chi connectivity index (χ1v) is 7.94. The molecule has 108 valence electrons. The van der Waals surface area contributed by atoms with E-state index in [0.29, 0.717) is 5.56 Å². The van der Waals surface area contributed by atoms with Crippen LogP contribution in [0.2, 0.25) is 0 Å². The van der Waals surface area contributed by atoms with Gasteiger partial charge in [-0.1, -0.05) is 17.3 Å². The quantitative estimate of drug-likeness (QED) is 0.893. The van der Waals surface area contributed by atoms with Crippen LogP contribution in [-0.2, 0) is 9.84 Å². The van der Waals surface area contributed by atoms with Crippen molar-refractivity contribution in [1.82, 2.24) is 10.1 Å². The Morgan fingerprint density at radius 3 is 2.85 bits per heavy atom. The van der Waals surface area contributed by atoms with E-state index in [2.05, 4.69) is 10.1 Å². The molecule has 0 radical (unpaired) electrons. The van der Waals surface area contributed by atoms with Crippen molar-refractivity contribution in [3.63, 3.8) is 0 Å². The number of rotatable bonds is 5. The van der Waals surface area contributed by atoms with E-state index in [1.807, 2.05) is 0 Å². The van der Waals surface area contributed by atoms with E-state index in [1.54, 1.807) is 6.07 Å². The maximum Gasteiger partial charge on any atom is 0.243 e. The summed E-state index contributed by atoms with van der Waals surface area (Å²) in [6.07, 6.45) is 1.31. The van der Waals surface area contributed by atoms with Crippen LogP contribution < -0.4 is 5.73 Å². The minimum Gasteiger partial charge on any atom is -0.337 e. The molecule has 20 heavy (non-hydrogen) atoms. The summed E-state index contributed by atoms with van der Waals surface area (Å²) in [7, 11) is -3.10. The lowest BCUT2D eigenvalue weighted by atomic mass is 10.2. The Labute approximate surface area is 115 Å². The highest BCUT2D eigenvalue weighted by atomic mass is 32.2. The molecule has 8 heteroatoms. The van der Waals surface area contributed by atoms with Gasteiger partial charge in [-0.15, -0.1) is 0 Å². The predicted octanol–water partition coefficient (Wildman–Crippen LogP) is 1.31. The molecule has 0 amide bonds. The SMILES string of the molecule is CS(=O)(=O)CCC(N)c1nc(-c2cccc(F)c2)no1. The first kappa shape index (κ1) is 14.6. The van der Waals surface area contributed by atoms with Gasteiger partial charge < -0.3 is 10.3 Å². The summed E-state index contributed by atoms with van der Waals surface area (Å²) in [6.45, 7) is 0. The van der Waals surface area contributed by atoms with E-state index in [1.165, 1.54) is 18.2 Å². The molecule has 0 aliphatic carbocycles. The van der Waals surface area contributed by atoms with Crippen LogP contribution >= 0.6 is 0 Å². The number of hydrogen-bond donors (Lipinski definition) is 1. The van der Waals surface area contributed by atoms with Gasteiger partial charge in [-0.25, -0.2) is 12.8 Å². The van der Waals surface area contributed by atoms with Gasteiger partial charge in [0.15, 0.2) is 0 Å². The van der Waals surface area contributed by atoms with Crippen LogP contribution in [0, 0.1) is 5.82 Å². The Hall–Kier alpha value is -1.80. The van der Waals surface area contributed by atoms with Gasteiger partial charge in [0.25, 0.3) is 0 Å². The van der Waals surface area contributed by atoms with Crippen LogP contribution in [0.25, 0.3) is 11.4 Å². The summed E-state index contributed by atoms with van der Waals surface area (Å²) in [6, 6.07) is 5.09. The minimum absolute atomic E-state index is 0.0636. The van der Waals surface area contributed by atoms with Gasteiger partial charge in [-0.3, -0.25) is 0 Å². The molecule has 0 saturated heterocycles. The lowest BCUT2D eigenvalue weighted by molar-refractivity contribution is 0.352. The van der Waals surface area contributed by atoms with Gasteiger partial charge in [0, 0.05) is 11.8 Å². The average Bonchev–Trinajstić information content (AvgIpc) is 2.84. The van der Waals surface area contributed by atoms with Gasteiger partial charge in [0.05, 0.1) is 11.8 Å². The van der Waals surface area contributed by atoms with Crippen molar-refractivity contribution < 1.29 is 17.3 Å². The van der Waals surface area contributed by atoms with Crippen molar-refractivity contribution in [3.8, 4) is 11.4 Å². The number of halogens is 1. The summed E-state index contributed by atoms with van der Waals surface area (Å²) >= 11 is 0. The molecule has 1 atom stereocenters. The fourth-order valence-corrected chi connectivity index (χ4v) is 2.28. The Morgan fingerprint density at radius 2 is 2.20 bits per heavy atom. The molecule has 0 spiro atoms. The Kier molecular flexibility index (Phi) is 4.15. The molecule has 1 heterocycles. The zero-order valence-corrected chi connectivity index (χ0v) is 11.6. The molecule has 0 fully saturated rings. The van der Waals surface area contributed by atoms with Crippen LogP contribution in [-0.4, -0.2) is 30.6 Å². The number of aromatic nitrogens is 2. The third kappa shape index (κ3) is 3.84. The third-order valence-electron chi connectivity index (χ3n) is 2.64. The maximum atomic E-state index is 13.1. The summed E-state index contributed by atoms with van der Waals surface area (Å²) in [5.41, 5.74) is 6.26. The summed E-state index contributed by atoms with van der Waals surface area (Å²) < 4.78 is 40.2. The maximum absolute atomic E-state index is 13.1. The van der Waals surface area contributed by atoms with Gasteiger partial charge in [-0.2, -0.15) is 4.98 Å². The smallest absolute Gasteiger partial charge is 0.243 e. The predicted molar refractivity (Wildman–Crippen MR) is 70.9 cm³/mol. The van der Waals surface area contributed by atoms with Crippen molar-refractivity contribution in [2.24, 2.45) is 5.73 Å². The molecule has 0 aliphatic rings. The van der Waals surface area contributed by atoms with Gasteiger partial charge in [-0.05, 0) is 18.6 Å². The van der Waals surface area contributed by atoms with Crippen molar-refractivity contribution in [2.75, 3.05) is 12.0 Å². The molecule has 6 nitrogen and oxygen atoms in total. The van der Waals surface area contributed by atoms with Crippen molar-refractivity contribution >= 4 is 9.84 Å². The fraction of sp³-hybridized carbons (Fsp3) is 0.333. The standard InChI is InChI=1S/C12H14FN3O3S/c1-20(17,18)6-5-10(14)12-15-11(16-19-12)8-3-2-4-9(13)7-8/h2-4,7,10H,5-6,14H2,1H3. The third-order valence-corrected chi connectivity index (χ3v) is 3.62. The molecule has 1 aromatic heterocycles. The number of nitrogens with zero attached hydrogens (tertiary/aromatic N) is 2. The molecule has 1 aromatic carbocycles. The van der Waals surface area contributed by atoms with Crippen LogP contribution in [0.15, 0.2) is 28.8 Å². The number of hydrogen-bond acceptors (Lipinski definition) is 6. The normalized spacial score (nSPS) is 13.3. The van der Waals surface area contributed by atoms with Crippen LogP contribution in [0.4, 0.5) is 4.39 Å². The molecule has 0 aliphatic heterocycles. The van der Waals surface area contributed by atoms with Gasteiger partial charge >= 0.3 is 0 Å². The molecule has 2 rings (SSSR count). The van der Waals surface area contributed by atoms with Crippen molar-refractivity contribution in [1.29, 1.82) is 0 Å². The molecule has 1 unspecified atom stereocenters. The van der Waals surface area contributed by atoms with Crippen LogP contribution in [0.3, 0.4) is 0 Å². The molecular weight excluding hydrogens is 285 g/mol. The fourth-order valence-electron chi connectivity index (χ4n) is 1.60. The Bertz CT molecular complexity index is 699. The second kappa shape index (κ2) is 5.68.